The van der Waals surface area contributed by atoms with Crippen LogP contribution in [0.2, 0.25) is 0 Å². The Labute approximate surface area is 175 Å². The minimum Gasteiger partial charge on any atom is -0.362 e. The molecule has 8 saturated carbocycles. The highest BCUT2D eigenvalue weighted by atomic mass is 32.1. The second-order valence-electron chi connectivity index (χ2n) is 12.1. The predicted octanol–water partition coefficient (Wildman–Crippen LogP) is 4.80. The molecule has 0 spiro atoms. The second kappa shape index (κ2) is 6.43. The van der Waals surface area contributed by atoms with Crippen molar-refractivity contribution in [2.45, 2.75) is 83.5 Å². The molecule has 8 aliphatic carbocycles. The Morgan fingerprint density at radius 1 is 0.750 bits per heavy atom. The molecule has 8 bridgehead atoms. The maximum atomic E-state index is 13.2. The summed E-state index contributed by atoms with van der Waals surface area (Å²) in [5.41, 5.74) is 0.488. The molecule has 0 unspecified atom stereocenters. The number of thiocarbonyl (C=S) groups is 1. The Hall–Kier alpha value is -0.640. The molecule has 0 aromatic rings. The van der Waals surface area contributed by atoms with Crippen LogP contribution in [0.4, 0.5) is 0 Å². The average molecular weight is 401 g/mol. The summed E-state index contributed by atoms with van der Waals surface area (Å²) in [7, 11) is 0. The van der Waals surface area contributed by atoms with Gasteiger partial charge in [0.1, 0.15) is 0 Å². The zero-order valence-electron chi connectivity index (χ0n) is 17.2. The van der Waals surface area contributed by atoms with E-state index in [0.29, 0.717) is 10.5 Å². The summed E-state index contributed by atoms with van der Waals surface area (Å²) in [4.78, 5) is 13.2. The van der Waals surface area contributed by atoms with Gasteiger partial charge in [0.05, 0.1) is 5.41 Å². The summed E-state index contributed by atoms with van der Waals surface area (Å²) in [6.45, 7) is 0.937. The monoisotopic (exact) mass is 400 g/mol. The smallest absolute Gasteiger partial charge is 0.232 e. The normalized spacial score (nSPS) is 50.0. The largest absolute Gasteiger partial charge is 0.362 e. The lowest BCUT2D eigenvalue weighted by Crippen LogP contribution is -2.56. The van der Waals surface area contributed by atoms with Gasteiger partial charge in [0.25, 0.3) is 0 Å². The van der Waals surface area contributed by atoms with E-state index < -0.39 is 0 Å². The van der Waals surface area contributed by atoms with E-state index in [0.717, 1.165) is 61.3 Å². The summed E-state index contributed by atoms with van der Waals surface area (Å²) in [5, 5.41) is 7.14. The van der Waals surface area contributed by atoms with Gasteiger partial charge in [-0.05, 0) is 137 Å². The molecule has 28 heavy (non-hydrogen) atoms. The third-order valence-corrected chi connectivity index (χ3v) is 10.1. The van der Waals surface area contributed by atoms with E-state index in [1.54, 1.807) is 0 Å². The van der Waals surface area contributed by atoms with Crippen LogP contribution in [0.15, 0.2) is 0 Å². The second-order valence-corrected chi connectivity index (χ2v) is 12.5. The number of hydrogen-bond acceptors (Lipinski definition) is 2. The summed E-state index contributed by atoms with van der Waals surface area (Å²) in [5.74, 6) is 5.66. The van der Waals surface area contributed by atoms with Gasteiger partial charge < -0.3 is 10.6 Å². The lowest BCUT2D eigenvalue weighted by molar-refractivity contribution is -0.144. The van der Waals surface area contributed by atoms with E-state index in [1.165, 1.54) is 64.2 Å². The fourth-order valence-electron chi connectivity index (χ4n) is 9.71. The minimum atomic E-state index is -0.0968. The van der Waals surface area contributed by atoms with Gasteiger partial charge in [-0.15, -0.1) is 0 Å². The lowest BCUT2D eigenvalue weighted by Gasteiger charge is -2.57. The first kappa shape index (κ1) is 18.2. The number of rotatable bonds is 4. The number of nitrogens with one attached hydrogen (secondary N) is 2. The van der Waals surface area contributed by atoms with Crippen LogP contribution in [-0.4, -0.2) is 17.6 Å². The van der Waals surface area contributed by atoms with Crippen molar-refractivity contribution in [2.24, 2.45) is 46.3 Å². The summed E-state index contributed by atoms with van der Waals surface area (Å²) in [6.07, 6.45) is 17.6. The maximum absolute atomic E-state index is 13.2. The molecule has 8 fully saturated rings. The van der Waals surface area contributed by atoms with Crippen molar-refractivity contribution >= 4 is 23.2 Å². The summed E-state index contributed by atoms with van der Waals surface area (Å²) < 4.78 is 0. The van der Waals surface area contributed by atoms with Gasteiger partial charge >= 0.3 is 0 Å². The van der Waals surface area contributed by atoms with Crippen LogP contribution in [0, 0.1) is 46.3 Å². The molecule has 0 aromatic heterocycles. The Kier molecular flexibility index (Phi) is 4.17. The van der Waals surface area contributed by atoms with Crippen LogP contribution in [0.1, 0.15) is 83.5 Å². The quantitative estimate of drug-likeness (QED) is 0.666. The van der Waals surface area contributed by atoms with Gasteiger partial charge in [0.2, 0.25) is 5.91 Å². The maximum Gasteiger partial charge on any atom is 0.232 e. The Morgan fingerprint density at radius 3 is 1.64 bits per heavy atom. The molecular formula is C24H36N2OS. The van der Waals surface area contributed by atoms with E-state index in [2.05, 4.69) is 10.6 Å². The average Bonchev–Trinajstić information content (AvgIpc) is 2.59. The fourth-order valence-corrected chi connectivity index (χ4v) is 9.90. The van der Waals surface area contributed by atoms with E-state index in [4.69, 9.17) is 12.2 Å². The molecule has 0 heterocycles. The topological polar surface area (TPSA) is 41.1 Å². The van der Waals surface area contributed by atoms with Crippen molar-refractivity contribution in [2.75, 3.05) is 6.54 Å². The first-order valence-corrected chi connectivity index (χ1v) is 12.5. The Bertz CT molecular complexity index is 616. The van der Waals surface area contributed by atoms with Gasteiger partial charge in [-0.25, -0.2) is 0 Å². The van der Waals surface area contributed by atoms with Crippen LogP contribution in [-0.2, 0) is 4.79 Å². The third kappa shape index (κ3) is 3.04. The van der Waals surface area contributed by atoms with Crippen LogP contribution in [0.5, 0.6) is 0 Å². The minimum absolute atomic E-state index is 0.0968. The summed E-state index contributed by atoms with van der Waals surface area (Å²) >= 11 is 5.55. The number of carbonyl (C=O) groups is 1. The van der Waals surface area contributed by atoms with Gasteiger partial charge in [-0.1, -0.05) is 0 Å². The van der Waals surface area contributed by atoms with Crippen LogP contribution in [0.25, 0.3) is 0 Å². The van der Waals surface area contributed by atoms with E-state index in [1.807, 2.05) is 0 Å². The number of amides is 1. The first-order chi connectivity index (χ1) is 13.5. The van der Waals surface area contributed by atoms with Gasteiger partial charge in [0, 0.05) is 6.54 Å². The van der Waals surface area contributed by atoms with Gasteiger partial charge in [-0.2, -0.15) is 0 Å². The molecule has 0 atom stereocenters. The van der Waals surface area contributed by atoms with E-state index in [9.17, 15) is 4.79 Å². The molecule has 0 radical (unpaired) electrons. The predicted molar refractivity (Wildman–Crippen MR) is 115 cm³/mol. The van der Waals surface area contributed by atoms with Crippen molar-refractivity contribution in [1.29, 1.82) is 0 Å². The van der Waals surface area contributed by atoms with E-state index >= 15 is 0 Å². The highest BCUT2D eigenvalue weighted by Gasteiger charge is 2.55. The Morgan fingerprint density at radius 2 is 1.18 bits per heavy atom. The highest BCUT2D eigenvalue weighted by molar-refractivity contribution is 7.80. The molecule has 1 amide bonds. The fraction of sp³-hybridized carbons (Fsp3) is 0.917. The van der Waals surface area contributed by atoms with Crippen molar-refractivity contribution < 1.29 is 4.79 Å². The van der Waals surface area contributed by atoms with Crippen molar-refractivity contribution in [3.05, 3.63) is 0 Å². The van der Waals surface area contributed by atoms with Crippen molar-refractivity contribution in [1.82, 2.24) is 10.6 Å². The van der Waals surface area contributed by atoms with E-state index in [-0.39, 0.29) is 11.3 Å². The number of hydrogen-bond donors (Lipinski definition) is 2. The molecule has 0 aromatic carbocycles. The SMILES string of the molecule is O=C(NC(=S)NCCC12CC3CC(CC(C3)C1)C2)C12CC3CC(CC(C3)C1)C2. The Balaban J connectivity index is 1.02. The van der Waals surface area contributed by atoms with Gasteiger partial charge in [-0.3, -0.25) is 4.79 Å². The highest BCUT2D eigenvalue weighted by Crippen LogP contribution is 2.61. The molecule has 3 nitrogen and oxygen atoms in total. The zero-order chi connectivity index (χ0) is 18.9. The molecule has 8 aliphatic rings. The first-order valence-electron chi connectivity index (χ1n) is 12.1. The third-order valence-electron chi connectivity index (χ3n) is 9.85. The number of carbonyl (C=O) groups excluding carboxylic acids is 1. The van der Waals surface area contributed by atoms with Crippen LogP contribution < -0.4 is 10.6 Å². The van der Waals surface area contributed by atoms with Gasteiger partial charge in [0.15, 0.2) is 5.11 Å². The van der Waals surface area contributed by atoms with Crippen molar-refractivity contribution in [3.63, 3.8) is 0 Å². The standard InChI is InChI=1S/C24H36N2OS/c27-21(24-12-18-6-19(13-24)8-20(7-18)14-24)26-22(28)25-2-1-23-9-15-3-16(10-23)5-17(4-15)11-23/h15-20H,1-14H2,(H2,25,26,27,28). The molecule has 8 rings (SSSR count). The molecule has 154 valence electrons. The zero-order valence-corrected chi connectivity index (χ0v) is 18.0. The molecule has 4 heteroatoms. The lowest BCUT2D eigenvalue weighted by atomic mass is 9.49. The summed E-state index contributed by atoms with van der Waals surface area (Å²) in [6, 6.07) is 0. The van der Waals surface area contributed by atoms with Crippen LogP contribution in [0.3, 0.4) is 0 Å². The molecule has 2 N–H and O–H groups in total. The van der Waals surface area contributed by atoms with Crippen LogP contribution >= 0.6 is 12.2 Å². The molecular weight excluding hydrogens is 364 g/mol. The molecule has 0 saturated heterocycles. The molecule has 0 aliphatic heterocycles. The van der Waals surface area contributed by atoms with Crippen molar-refractivity contribution in [3.8, 4) is 0 Å².